The molecule has 1 fully saturated rings. The fourth-order valence-electron chi connectivity index (χ4n) is 4.27. The lowest BCUT2D eigenvalue weighted by Crippen LogP contribution is -2.18. The van der Waals surface area contributed by atoms with Crippen molar-refractivity contribution in [3.05, 3.63) is 11.8 Å². The minimum absolute atomic E-state index is 0.0884. The maximum atomic E-state index is 6.24. The summed E-state index contributed by atoms with van der Waals surface area (Å²) >= 11 is 0. The van der Waals surface area contributed by atoms with Gasteiger partial charge in [0.2, 0.25) is 5.88 Å². The van der Waals surface area contributed by atoms with Gasteiger partial charge in [0.25, 0.3) is 0 Å². The lowest BCUT2D eigenvalue weighted by Gasteiger charge is -2.17. The summed E-state index contributed by atoms with van der Waals surface area (Å²) in [5.41, 5.74) is 8.56. The van der Waals surface area contributed by atoms with Gasteiger partial charge in [-0.15, -0.1) is 0 Å². The Morgan fingerprint density at radius 3 is 2.86 bits per heavy atom. The van der Waals surface area contributed by atoms with E-state index in [1.54, 1.807) is 13.2 Å². The number of nitrogens with zero attached hydrogens (tertiary/aromatic N) is 3. The van der Waals surface area contributed by atoms with Gasteiger partial charge in [0.15, 0.2) is 5.90 Å². The quantitative estimate of drug-likeness (QED) is 0.663. The molecular formula is C22H36N4O2. The second-order valence-electron chi connectivity index (χ2n) is 8.22. The van der Waals surface area contributed by atoms with E-state index < -0.39 is 0 Å². The molecule has 0 aliphatic carbocycles. The van der Waals surface area contributed by atoms with E-state index in [0.29, 0.717) is 18.2 Å². The number of nitrogen functional groups attached to an aromatic ring is 1. The fourth-order valence-corrected chi connectivity index (χ4v) is 4.27. The van der Waals surface area contributed by atoms with Crippen molar-refractivity contribution in [2.45, 2.75) is 64.2 Å². The third-order valence-corrected chi connectivity index (χ3v) is 6.01. The molecule has 2 aliphatic rings. The topological polar surface area (TPSA) is 73.0 Å². The van der Waals surface area contributed by atoms with Gasteiger partial charge >= 0.3 is 0 Å². The molecule has 1 aromatic rings. The second-order valence-corrected chi connectivity index (χ2v) is 8.22. The first-order chi connectivity index (χ1) is 13.6. The van der Waals surface area contributed by atoms with Crippen LogP contribution in [-0.2, 0) is 4.74 Å². The van der Waals surface area contributed by atoms with Crippen LogP contribution in [0.15, 0.2) is 11.1 Å². The van der Waals surface area contributed by atoms with Gasteiger partial charge in [-0.3, -0.25) is 0 Å². The molecule has 6 heteroatoms. The number of fused-ring (bicyclic) bond motifs is 1. The normalized spacial score (nSPS) is 22.5. The summed E-state index contributed by atoms with van der Waals surface area (Å²) < 4.78 is 11.4. The number of anilines is 1. The highest BCUT2D eigenvalue weighted by atomic mass is 16.5. The molecule has 0 saturated carbocycles. The smallest absolute Gasteiger partial charge is 0.215 e. The van der Waals surface area contributed by atoms with Crippen molar-refractivity contribution in [1.82, 2.24) is 9.88 Å². The van der Waals surface area contributed by atoms with Crippen LogP contribution in [0.3, 0.4) is 0 Å². The Kier molecular flexibility index (Phi) is 7.54. The molecular weight excluding hydrogens is 352 g/mol. The first-order valence-corrected chi connectivity index (χ1v) is 10.9. The largest absolute Gasteiger partial charge is 0.484 e. The molecule has 3 heterocycles. The van der Waals surface area contributed by atoms with Gasteiger partial charge in [-0.05, 0) is 58.2 Å². The van der Waals surface area contributed by atoms with E-state index in [2.05, 4.69) is 23.9 Å². The first kappa shape index (κ1) is 20.9. The molecule has 156 valence electrons. The van der Waals surface area contributed by atoms with Gasteiger partial charge in [0.05, 0.1) is 31.0 Å². The highest BCUT2D eigenvalue weighted by Gasteiger charge is 2.32. The number of hydrogen-bond donors (Lipinski definition) is 1. The van der Waals surface area contributed by atoms with Gasteiger partial charge in [-0.25, -0.2) is 9.98 Å². The van der Waals surface area contributed by atoms with E-state index in [1.807, 2.05) is 0 Å². The highest BCUT2D eigenvalue weighted by Crippen LogP contribution is 2.42. The minimum atomic E-state index is 0.0884. The molecule has 0 radical (unpaired) electrons. The molecule has 1 saturated heterocycles. The van der Waals surface area contributed by atoms with E-state index in [1.165, 1.54) is 38.8 Å². The molecule has 2 N–H and O–H groups in total. The average Bonchev–Trinajstić information content (AvgIpc) is 2.90. The van der Waals surface area contributed by atoms with Crippen LogP contribution < -0.4 is 10.5 Å². The predicted octanol–water partition coefficient (Wildman–Crippen LogP) is 4.52. The van der Waals surface area contributed by atoms with E-state index in [-0.39, 0.29) is 5.92 Å². The van der Waals surface area contributed by atoms with Crippen molar-refractivity contribution in [2.24, 2.45) is 10.9 Å². The Balaban J connectivity index is 1.63. The monoisotopic (exact) mass is 388 g/mol. The number of unbranched alkanes of at least 4 members (excludes halogenated alkanes) is 1. The molecule has 1 aromatic heterocycles. The molecule has 2 unspecified atom stereocenters. The maximum Gasteiger partial charge on any atom is 0.215 e. The van der Waals surface area contributed by atoms with Gasteiger partial charge in [-0.2, -0.15) is 0 Å². The Hall–Kier alpha value is -1.82. The lowest BCUT2D eigenvalue weighted by molar-refractivity contribution is 0.296. The number of ether oxygens (including phenoxy) is 2. The van der Waals surface area contributed by atoms with Crippen molar-refractivity contribution >= 4 is 17.3 Å². The minimum Gasteiger partial charge on any atom is -0.484 e. The van der Waals surface area contributed by atoms with Crippen LogP contribution in [0, 0.1) is 5.92 Å². The summed E-state index contributed by atoms with van der Waals surface area (Å²) in [7, 11) is 3.92. The van der Waals surface area contributed by atoms with Crippen LogP contribution in [0.5, 0.6) is 5.88 Å². The van der Waals surface area contributed by atoms with Crippen LogP contribution in [0.25, 0.3) is 0 Å². The van der Waals surface area contributed by atoms with Gasteiger partial charge in [0, 0.05) is 6.07 Å². The molecule has 3 rings (SSSR count). The van der Waals surface area contributed by atoms with Crippen LogP contribution in [-0.4, -0.2) is 49.6 Å². The SMILES string of the molecule is CCCCOc1cc(N)c2c(n1)C(CCCC1CCCN(C)CC1)C(OC)=N2. The van der Waals surface area contributed by atoms with Crippen LogP contribution >= 0.6 is 0 Å². The molecule has 2 aliphatic heterocycles. The van der Waals surface area contributed by atoms with Crippen LogP contribution in [0.4, 0.5) is 11.4 Å². The zero-order valence-corrected chi connectivity index (χ0v) is 17.7. The summed E-state index contributed by atoms with van der Waals surface area (Å²) in [5, 5.41) is 0. The van der Waals surface area contributed by atoms with Crippen molar-refractivity contribution in [3.8, 4) is 5.88 Å². The molecule has 2 atom stereocenters. The van der Waals surface area contributed by atoms with Gasteiger partial charge in [-0.1, -0.05) is 26.2 Å². The van der Waals surface area contributed by atoms with Crippen molar-refractivity contribution in [1.29, 1.82) is 0 Å². The molecule has 0 aromatic carbocycles. The molecule has 28 heavy (non-hydrogen) atoms. The summed E-state index contributed by atoms with van der Waals surface area (Å²) in [5.74, 6) is 2.26. The predicted molar refractivity (Wildman–Crippen MR) is 115 cm³/mol. The number of methoxy groups -OCH3 is 1. The highest BCUT2D eigenvalue weighted by molar-refractivity contribution is 5.94. The van der Waals surface area contributed by atoms with E-state index in [0.717, 1.165) is 48.9 Å². The number of pyridine rings is 1. The Bertz CT molecular complexity index is 677. The lowest BCUT2D eigenvalue weighted by atomic mass is 9.91. The van der Waals surface area contributed by atoms with Gasteiger partial charge < -0.3 is 20.1 Å². The summed E-state index contributed by atoms with van der Waals surface area (Å²) in [6.07, 6.45) is 9.49. The second kappa shape index (κ2) is 10.1. The van der Waals surface area contributed by atoms with Crippen molar-refractivity contribution in [2.75, 3.05) is 39.6 Å². The fraction of sp³-hybridized carbons (Fsp3) is 0.727. The summed E-state index contributed by atoms with van der Waals surface area (Å²) in [4.78, 5) is 11.8. The van der Waals surface area contributed by atoms with Crippen molar-refractivity contribution < 1.29 is 9.47 Å². The first-order valence-electron chi connectivity index (χ1n) is 10.9. The third kappa shape index (κ3) is 5.16. The zero-order chi connectivity index (χ0) is 19.9. The number of aromatic nitrogens is 1. The van der Waals surface area contributed by atoms with E-state index in [4.69, 9.17) is 20.2 Å². The number of aliphatic imine (C=N–C) groups is 1. The Morgan fingerprint density at radius 2 is 2.07 bits per heavy atom. The summed E-state index contributed by atoms with van der Waals surface area (Å²) in [6.45, 7) is 5.27. The number of nitrogens with two attached hydrogens (primary N) is 1. The Labute approximate surface area is 169 Å². The molecule has 0 bridgehead atoms. The molecule has 0 spiro atoms. The van der Waals surface area contributed by atoms with E-state index >= 15 is 0 Å². The standard InChI is InChI=1S/C22H36N4O2/c1-4-5-14-28-19-15-18(23)21-20(24-19)17(22(25-21)27-3)10-6-8-16-9-7-12-26(2)13-11-16/h15-17H,4-14H2,1-3H3,(H2,23,24). The third-order valence-electron chi connectivity index (χ3n) is 6.01. The Morgan fingerprint density at radius 1 is 1.21 bits per heavy atom. The average molecular weight is 389 g/mol. The van der Waals surface area contributed by atoms with Crippen LogP contribution in [0.1, 0.15) is 69.9 Å². The number of hydrogen-bond acceptors (Lipinski definition) is 6. The zero-order valence-electron chi connectivity index (χ0n) is 17.7. The maximum absolute atomic E-state index is 6.24. The molecule has 0 amide bonds. The number of likely N-dealkylation sites (tertiary alicyclic amines) is 1. The molecule has 6 nitrogen and oxygen atoms in total. The number of rotatable bonds is 8. The van der Waals surface area contributed by atoms with E-state index in [9.17, 15) is 0 Å². The van der Waals surface area contributed by atoms with Crippen molar-refractivity contribution in [3.63, 3.8) is 0 Å². The van der Waals surface area contributed by atoms with Crippen LogP contribution in [0.2, 0.25) is 0 Å². The van der Waals surface area contributed by atoms with Gasteiger partial charge in [0.1, 0.15) is 5.69 Å². The summed E-state index contributed by atoms with van der Waals surface area (Å²) in [6, 6.07) is 1.79.